The number of hydrogen-bond acceptors (Lipinski definition) is 0. The van der Waals surface area contributed by atoms with Crippen LogP contribution in [0.4, 0.5) is 0 Å². The van der Waals surface area contributed by atoms with E-state index in [4.69, 9.17) is 0 Å². The van der Waals surface area contributed by atoms with E-state index in [9.17, 15) is 0 Å². The molecule has 3 aromatic rings. The van der Waals surface area contributed by atoms with Gasteiger partial charge >= 0.3 is 21.1 Å². The van der Waals surface area contributed by atoms with Crippen molar-refractivity contribution in [3.05, 3.63) is 83.9 Å². The summed E-state index contributed by atoms with van der Waals surface area (Å²) < 4.78 is 0. The first-order valence-corrected chi connectivity index (χ1v) is 6.81. The molecule has 0 unspecified atom stereocenters. The average Bonchev–Trinajstić information content (AvgIpc) is 2.48. The van der Waals surface area contributed by atoms with Gasteiger partial charge in [-0.2, -0.15) is 35.9 Å². The van der Waals surface area contributed by atoms with Crippen molar-refractivity contribution in [1.29, 1.82) is 0 Å². The number of rotatable bonds is 2. The molecule has 0 spiro atoms. The van der Waals surface area contributed by atoms with Crippen LogP contribution in [0.15, 0.2) is 60.7 Å². The largest absolute Gasteiger partial charge is 2.00 e. The van der Waals surface area contributed by atoms with E-state index in [1.54, 1.807) is 0 Å². The van der Waals surface area contributed by atoms with Crippen LogP contribution in [0.25, 0.3) is 22.3 Å². The van der Waals surface area contributed by atoms with Crippen molar-refractivity contribution in [3.8, 4) is 22.3 Å². The Bertz CT molecular complexity index is 727. The minimum Gasteiger partial charge on any atom is -0.209 e. The van der Waals surface area contributed by atoms with Gasteiger partial charge < -0.3 is 0 Å². The van der Waals surface area contributed by atoms with Crippen molar-refractivity contribution in [2.75, 3.05) is 0 Å². The molecule has 0 nitrogen and oxygen atoms in total. The summed E-state index contributed by atoms with van der Waals surface area (Å²) in [6.45, 7) is 4.17. The second-order valence-corrected chi connectivity index (χ2v) is 5.09. The van der Waals surface area contributed by atoms with E-state index in [1.165, 1.54) is 11.1 Å². The van der Waals surface area contributed by atoms with E-state index in [1.807, 2.05) is 0 Å². The molecule has 0 aliphatic heterocycles. The van der Waals surface area contributed by atoms with Crippen LogP contribution < -0.4 is 0 Å². The van der Waals surface area contributed by atoms with Gasteiger partial charge in [0, 0.05) is 0 Å². The van der Waals surface area contributed by atoms with Crippen LogP contribution >= 0.6 is 0 Å². The van der Waals surface area contributed by atoms with Crippen molar-refractivity contribution >= 4 is 0 Å². The third kappa shape index (κ3) is 3.71. The Balaban J connectivity index is 0.00000161. The maximum absolute atomic E-state index is 3.49. The summed E-state index contributed by atoms with van der Waals surface area (Å²) in [7, 11) is 0. The molecular formula is C20H16W. The summed E-state index contributed by atoms with van der Waals surface area (Å²) in [6, 6.07) is 27.9. The topological polar surface area (TPSA) is 0 Å². The van der Waals surface area contributed by atoms with Crippen LogP contribution in [0, 0.1) is 26.0 Å². The molecule has 0 amide bonds. The zero-order valence-corrected chi connectivity index (χ0v) is 15.1. The van der Waals surface area contributed by atoms with Crippen LogP contribution in [0.3, 0.4) is 0 Å². The van der Waals surface area contributed by atoms with Gasteiger partial charge in [-0.1, -0.05) is 42.3 Å². The first-order chi connectivity index (χ1) is 9.72. The molecular weight excluding hydrogens is 424 g/mol. The van der Waals surface area contributed by atoms with Gasteiger partial charge in [0.05, 0.1) is 0 Å². The average molecular weight is 440 g/mol. The van der Waals surface area contributed by atoms with E-state index in [2.05, 4.69) is 86.6 Å². The molecule has 0 bridgehead atoms. The van der Waals surface area contributed by atoms with Crippen molar-refractivity contribution in [2.45, 2.75) is 13.8 Å². The van der Waals surface area contributed by atoms with E-state index < -0.39 is 0 Å². The van der Waals surface area contributed by atoms with Gasteiger partial charge in [-0.15, -0.1) is 29.3 Å². The molecule has 0 saturated carbocycles. The maximum Gasteiger partial charge on any atom is 2.00 e. The van der Waals surface area contributed by atoms with Crippen molar-refractivity contribution in [3.63, 3.8) is 0 Å². The second kappa shape index (κ2) is 6.87. The Morgan fingerprint density at radius 3 is 1.86 bits per heavy atom. The molecule has 0 fully saturated rings. The van der Waals surface area contributed by atoms with Gasteiger partial charge in [0.15, 0.2) is 0 Å². The molecule has 0 aliphatic carbocycles. The van der Waals surface area contributed by atoms with Crippen molar-refractivity contribution < 1.29 is 21.1 Å². The van der Waals surface area contributed by atoms with Crippen LogP contribution in [-0.4, -0.2) is 0 Å². The molecule has 3 rings (SSSR count). The monoisotopic (exact) mass is 440 g/mol. The first-order valence-electron chi connectivity index (χ1n) is 6.81. The van der Waals surface area contributed by atoms with Crippen molar-refractivity contribution in [1.82, 2.24) is 0 Å². The summed E-state index contributed by atoms with van der Waals surface area (Å²) in [5, 5.41) is 0. The minimum absolute atomic E-state index is 0. The second-order valence-electron chi connectivity index (χ2n) is 5.09. The Hall–Kier alpha value is -1.65. The molecule has 3 aromatic carbocycles. The van der Waals surface area contributed by atoms with Crippen molar-refractivity contribution in [2.24, 2.45) is 0 Å². The van der Waals surface area contributed by atoms with E-state index in [0.29, 0.717) is 0 Å². The predicted octanol–water partition coefficient (Wildman–Crippen LogP) is 5.24. The predicted molar refractivity (Wildman–Crippen MR) is 84.5 cm³/mol. The Kier molecular flexibility index (Phi) is 5.15. The van der Waals surface area contributed by atoms with E-state index >= 15 is 0 Å². The van der Waals surface area contributed by atoms with Gasteiger partial charge in [0.2, 0.25) is 0 Å². The van der Waals surface area contributed by atoms with Crippen LogP contribution in [0.1, 0.15) is 11.1 Å². The minimum atomic E-state index is 0. The van der Waals surface area contributed by atoms with Gasteiger partial charge in [-0.3, -0.25) is 0 Å². The molecule has 1 heteroatoms. The summed E-state index contributed by atoms with van der Waals surface area (Å²) >= 11 is 0. The Morgan fingerprint density at radius 2 is 1.19 bits per heavy atom. The number of hydrogen-bond donors (Lipinski definition) is 0. The Morgan fingerprint density at radius 1 is 0.619 bits per heavy atom. The molecule has 102 valence electrons. The van der Waals surface area contributed by atoms with Gasteiger partial charge in [0.25, 0.3) is 0 Å². The summed E-state index contributed by atoms with van der Waals surface area (Å²) in [5.74, 6) is 0. The molecule has 0 N–H and O–H groups in total. The molecule has 0 radical (unpaired) electrons. The summed E-state index contributed by atoms with van der Waals surface area (Å²) in [4.78, 5) is 0. The van der Waals surface area contributed by atoms with Gasteiger partial charge in [-0.05, 0) is 6.92 Å². The van der Waals surface area contributed by atoms with Gasteiger partial charge in [-0.25, -0.2) is 5.56 Å². The molecule has 21 heavy (non-hydrogen) atoms. The number of benzene rings is 3. The Labute approximate surface area is 141 Å². The normalized spacial score (nSPS) is 10.0. The first kappa shape index (κ1) is 15.7. The molecule has 0 atom stereocenters. The zero-order chi connectivity index (χ0) is 13.9. The SMILES string of the molecule is Cc1[c-]c(-c2[c-]c(-c3ccc(C)cc3)ccc2)ccc1.[W+2]. The standard InChI is InChI=1S/C20H16.W/c1-15-9-11-17(12-10-15)19-7-4-8-20(14-19)18-6-3-5-16(2)13-18;/h3-12H,1-2H3;/q-2;+2. The fourth-order valence-corrected chi connectivity index (χ4v) is 2.27. The third-order valence-corrected chi connectivity index (χ3v) is 3.39. The molecule has 0 heterocycles. The third-order valence-electron chi connectivity index (χ3n) is 3.39. The number of aryl methyl sites for hydroxylation is 2. The fourth-order valence-electron chi connectivity index (χ4n) is 2.27. The van der Waals surface area contributed by atoms with Crippen LogP contribution in [0.2, 0.25) is 0 Å². The molecule has 0 aliphatic rings. The maximum atomic E-state index is 3.49. The zero-order valence-electron chi connectivity index (χ0n) is 12.2. The van der Waals surface area contributed by atoms with E-state index in [-0.39, 0.29) is 21.1 Å². The summed E-state index contributed by atoms with van der Waals surface area (Å²) in [5.41, 5.74) is 6.93. The van der Waals surface area contributed by atoms with Crippen LogP contribution in [0.5, 0.6) is 0 Å². The van der Waals surface area contributed by atoms with Crippen LogP contribution in [-0.2, 0) is 21.1 Å². The van der Waals surface area contributed by atoms with Gasteiger partial charge in [0.1, 0.15) is 0 Å². The van der Waals surface area contributed by atoms with E-state index in [0.717, 1.165) is 22.3 Å². The smallest absolute Gasteiger partial charge is 0.209 e. The molecule has 0 saturated heterocycles. The fraction of sp³-hybridized carbons (Fsp3) is 0.100. The molecule has 0 aromatic heterocycles. The summed E-state index contributed by atoms with van der Waals surface area (Å²) in [6.07, 6.45) is 0. The quantitative estimate of drug-likeness (QED) is 0.479.